The highest BCUT2D eigenvalue weighted by atomic mass is 35.5. The zero-order valence-corrected chi connectivity index (χ0v) is 16.6. The molecule has 4 nitrogen and oxygen atoms in total. The van der Waals surface area contributed by atoms with Crippen LogP contribution >= 0.6 is 11.6 Å². The molecule has 1 aliphatic heterocycles. The molecule has 0 aromatic heterocycles. The van der Waals surface area contributed by atoms with Gasteiger partial charge in [-0.15, -0.1) is 0 Å². The van der Waals surface area contributed by atoms with Crippen LogP contribution < -0.4 is 9.80 Å². The van der Waals surface area contributed by atoms with E-state index in [1.807, 2.05) is 56.3 Å². The summed E-state index contributed by atoms with van der Waals surface area (Å²) >= 11 is 6.32. The summed E-state index contributed by atoms with van der Waals surface area (Å²) in [6, 6.07) is 18.7. The summed E-state index contributed by atoms with van der Waals surface area (Å²) in [6.45, 7) is 4.59. The van der Waals surface area contributed by atoms with Gasteiger partial charge in [-0.05, 0) is 79.6 Å². The summed E-state index contributed by atoms with van der Waals surface area (Å²) in [5.74, 6) is 0.243. The van der Waals surface area contributed by atoms with Crippen molar-refractivity contribution in [3.63, 3.8) is 0 Å². The topological polar surface area (TPSA) is 43.8 Å². The number of carbonyl (C=O) groups excluding carboxylic acids is 1. The Morgan fingerprint density at radius 2 is 1.54 bits per heavy atom. The summed E-state index contributed by atoms with van der Waals surface area (Å²) in [5.41, 5.74) is 5.64. The van der Waals surface area contributed by atoms with Crippen LogP contribution in [0.25, 0.3) is 0 Å². The maximum atomic E-state index is 13.1. The van der Waals surface area contributed by atoms with Gasteiger partial charge in [-0.1, -0.05) is 17.7 Å². The highest BCUT2D eigenvalue weighted by Gasteiger charge is 2.28. The zero-order chi connectivity index (χ0) is 19.8. The molecule has 4 rings (SSSR count). The van der Waals surface area contributed by atoms with Crippen LogP contribution in [0.15, 0.2) is 60.7 Å². The predicted molar refractivity (Wildman–Crippen MR) is 114 cm³/mol. The number of amides is 1. The number of benzene rings is 3. The number of halogens is 1. The molecular weight excluding hydrogens is 372 g/mol. The Hall–Kier alpha value is -2.98. The van der Waals surface area contributed by atoms with Gasteiger partial charge in [0, 0.05) is 29.4 Å². The molecule has 0 spiro atoms. The molecule has 1 N–H and O–H groups in total. The van der Waals surface area contributed by atoms with Crippen molar-refractivity contribution in [1.29, 1.82) is 0 Å². The minimum atomic E-state index is 0.0369. The SMILES string of the molecule is Cc1cc(C)cc(N2C(=O)CCN(c3ccc(O)cc3)c3cc(Cl)ccc32)c1. The summed E-state index contributed by atoms with van der Waals surface area (Å²) in [6.07, 6.45) is 0.361. The quantitative estimate of drug-likeness (QED) is 0.593. The molecule has 0 unspecified atom stereocenters. The molecule has 5 heteroatoms. The molecule has 3 aromatic rings. The van der Waals surface area contributed by atoms with Gasteiger partial charge in [0.05, 0.1) is 11.4 Å². The standard InChI is InChI=1S/C23H21ClN2O2/c1-15-11-16(2)13-19(12-15)26-21-8-3-17(24)14-22(21)25(10-9-23(26)28)18-4-6-20(27)7-5-18/h3-8,11-14,27H,9-10H2,1-2H3. The van der Waals surface area contributed by atoms with Crippen molar-refractivity contribution in [3.05, 3.63) is 76.8 Å². The Morgan fingerprint density at radius 3 is 2.21 bits per heavy atom. The van der Waals surface area contributed by atoms with E-state index in [9.17, 15) is 9.90 Å². The van der Waals surface area contributed by atoms with Crippen molar-refractivity contribution < 1.29 is 9.90 Å². The van der Waals surface area contributed by atoms with Gasteiger partial charge in [-0.25, -0.2) is 0 Å². The Balaban J connectivity index is 1.90. The molecule has 28 heavy (non-hydrogen) atoms. The molecule has 0 atom stereocenters. The van der Waals surface area contributed by atoms with E-state index in [0.29, 0.717) is 18.0 Å². The van der Waals surface area contributed by atoms with Crippen LogP contribution in [0.4, 0.5) is 22.7 Å². The largest absolute Gasteiger partial charge is 0.508 e. The van der Waals surface area contributed by atoms with E-state index in [0.717, 1.165) is 33.9 Å². The third-order valence-electron chi connectivity index (χ3n) is 4.89. The minimum absolute atomic E-state index is 0.0369. The first-order valence-electron chi connectivity index (χ1n) is 9.20. The first-order chi connectivity index (χ1) is 13.4. The van der Waals surface area contributed by atoms with E-state index in [1.54, 1.807) is 17.0 Å². The Labute approximate surface area is 169 Å². The van der Waals surface area contributed by atoms with E-state index in [2.05, 4.69) is 11.0 Å². The molecule has 1 aliphatic rings. The second-order valence-electron chi connectivity index (χ2n) is 7.13. The van der Waals surface area contributed by atoms with Gasteiger partial charge >= 0.3 is 0 Å². The van der Waals surface area contributed by atoms with Gasteiger partial charge < -0.3 is 10.0 Å². The number of fused-ring (bicyclic) bond motifs is 1. The summed E-state index contributed by atoms with van der Waals surface area (Å²) < 4.78 is 0. The first kappa shape index (κ1) is 18.4. The van der Waals surface area contributed by atoms with Crippen molar-refractivity contribution in [2.45, 2.75) is 20.3 Å². The van der Waals surface area contributed by atoms with Crippen molar-refractivity contribution in [3.8, 4) is 5.75 Å². The number of hydrogen-bond donors (Lipinski definition) is 1. The van der Waals surface area contributed by atoms with Crippen LogP contribution in [0.3, 0.4) is 0 Å². The highest BCUT2D eigenvalue weighted by molar-refractivity contribution is 6.31. The van der Waals surface area contributed by atoms with Gasteiger partial charge in [0.15, 0.2) is 0 Å². The summed E-state index contributed by atoms with van der Waals surface area (Å²) in [4.78, 5) is 17.0. The highest BCUT2D eigenvalue weighted by Crippen LogP contribution is 2.42. The molecule has 0 radical (unpaired) electrons. The third kappa shape index (κ3) is 3.43. The average Bonchev–Trinajstić information content (AvgIpc) is 2.78. The Morgan fingerprint density at radius 1 is 0.857 bits per heavy atom. The van der Waals surface area contributed by atoms with E-state index in [1.165, 1.54) is 0 Å². The lowest BCUT2D eigenvalue weighted by Crippen LogP contribution is -2.25. The molecular formula is C23H21ClN2O2. The minimum Gasteiger partial charge on any atom is -0.508 e. The second kappa shape index (κ2) is 7.21. The number of phenols is 1. The number of aryl methyl sites for hydroxylation is 2. The van der Waals surface area contributed by atoms with Crippen molar-refractivity contribution in [2.75, 3.05) is 16.3 Å². The molecule has 1 heterocycles. The van der Waals surface area contributed by atoms with E-state index < -0.39 is 0 Å². The fourth-order valence-electron chi connectivity index (χ4n) is 3.74. The fourth-order valence-corrected chi connectivity index (χ4v) is 3.91. The van der Waals surface area contributed by atoms with Gasteiger partial charge in [0.2, 0.25) is 5.91 Å². The molecule has 0 fully saturated rings. The number of phenolic OH excluding ortho intramolecular Hbond substituents is 1. The van der Waals surface area contributed by atoms with E-state index in [-0.39, 0.29) is 11.7 Å². The van der Waals surface area contributed by atoms with Crippen molar-refractivity contribution in [2.24, 2.45) is 0 Å². The van der Waals surface area contributed by atoms with Crippen LogP contribution in [0.2, 0.25) is 5.02 Å². The average molecular weight is 393 g/mol. The zero-order valence-electron chi connectivity index (χ0n) is 15.8. The number of aromatic hydroxyl groups is 1. The van der Waals surface area contributed by atoms with Crippen LogP contribution in [0, 0.1) is 13.8 Å². The summed E-state index contributed by atoms with van der Waals surface area (Å²) in [5, 5.41) is 10.2. The lowest BCUT2D eigenvalue weighted by Gasteiger charge is -2.27. The van der Waals surface area contributed by atoms with Crippen molar-refractivity contribution in [1.82, 2.24) is 0 Å². The predicted octanol–water partition coefficient (Wildman–Crippen LogP) is 5.87. The number of carbonyl (C=O) groups is 1. The molecule has 0 aliphatic carbocycles. The fraction of sp³-hybridized carbons (Fsp3) is 0.174. The van der Waals surface area contributed by atoms with Crippen LogP contribution in [0.1, 0.15) is 17.5 Å². The lowest BCUT2D eigenvalue weighted by atomic mass is 10.1. The van der Waals surface area contributed by atoms with Crippen LogP contribution in [-0.4, -0.2) is 17.6 Å². The van der Waals surface area contributed by atoms with Crippen LogP contribution in [-0.2, 0) is 4.79 Å². The first-order valence-corrected chi connectivity index (χ1v) is 9.57. The smallest absolute Gasteiger partial charge is 0.233 e. The van der Waals surface area contributed by atoms with Gasteiger partial charge in [-0.2, -0.15) is 0 Å². The maximum Gasteiger partial charge on any atom is 0.233 e. The van der Waals surface area contributed by atoms with Gasteiger partial charge in [0.25, 0.3) is 0 Å². The number of hydrogen-bond acceptors (Lipinski definition) is 3. The molecule has 0 saturated carbocycles. The molecule has 3 aromatic carbocycles. The van der Waals surface area contributed by atoms with Gasteiger partial charge in [-0.3, -0.25) is 9.69 Å². The normalized spacial score (nSPS) is 14.0. The van der Waals surface area contributed by atoms with E-state index >= 15 is 0 Å². The molecule has 0 bridgehead atoms. The molecule has 1 amide bonds. The Bertz CT molecular complexity index is 1030. The third-order valence-corrected chi connectivity index (χ3v) is 5.13. The maximum absolute atomic E-state index is 13.1. The monoisotopic (exact) mass is 392 g/mol. The lowest BCUT2D eigenvalue weighted by molar-refractivity contribution is -0.117. The van der Waals surface area contributed by atoms with E-state index in [4.69, 9.17) is 11.6 Å². The summed E-state index contributed by atoms with van der Waals surface area (Å²) in [7, 11) is 0. The second-order valence-corrected chi connectivity index (χ2v) is 7.56. The van der Waals surface area contributed by atoms with Gasteiger partial charge in [0.1, 0.15) is 5.75 Å². The molecule has 0 saturated heterocycles. The van der Waals surface area contributed by atoms with Crippen LogP contribution in [0.5, 0.6) is 5.75 Å². The number of anilines is 4. The Kier molecular flexibility index (Phi) is 4.73. The van der Waals surface area contributed by atoms with Crippen molar-refractivity contribution >= 4 is 40.3 Å². The number of rotatable bonds is 2. The number of nitrogens with zero attached hydrogens (tertiary/aromatic N) is 2. The molecule has 142 valence electrons.